The maximum Gasteiger partial charge on any atom is 0.418 e. The number of imidazole rings is 1. The molecule has 2 fully saturated rings. The maximum absolute atomic E-state index is 12.3. The quantitative estimate of drug-likeness (QED) is 0.305. The minimum atomic E-state index is -4.88. The van der Waals surface area contributed by atoms with E-state index in [4.69, 9.17) is 9.96 Å². The Morgan fingerprint density at radius 3 is 2.65 bits per heavy atom. The molecule has 0 aliphatic carbocycles. The Morgan fingerprint density at radius 1 is 1.38 bits per heavy atom. The number of amidine groups is 1. The molecule has 3 rings (SSSR count). The first-order chi connectivity index (χ1) is 12.0. The molecule has 0 aromatic carbocycles. The Balaban J connectivity index is 1.76. The number of amides is 2. The Labute approximate surface area is 149 Å². The maximum atomic E-state index is 12.3. The number of urea groups is 1. The number of carbonyl (C=O) groups is 1. The molecule has 26 heavy (non-hydrogen) atoms. The third-order valence-electron chi connectivity index (χ3n) is 4.09. The van der Waals surface area contributed by atoms with Crippen molar-refractivity contribution >= 4 is 32.3 Å². The average Bonchev–Trinajstić information content (AvgIpc) is 3.04. The van der Waals surface area contributed by atoms with Gasteiger partial charge in [0.2, 0.25) is 5.16 Å². The van der Waals surface area contributed by atoms with Crippen molar-refractivity contribution in [2.75, 3.05) is 6.54 Å². The van der Waals surface area contributed by atoms with Gasteiger partial charge < -0.3 is 9.47 Å². The largest absolute Gasteiger partial charge is 0.418 e. The average molecular weight is 408 g/mol. The van der Waals surface area contributed by atoms with Crippen LogP contribution < -0.4 is 4.72 Å². The molecule has 0 saturated carbocycles. The molecule has 1 aromatic heterocycles. The Kier molecular flexibility index (Phi) is 4.41. The number of aryl methyl sites for hydroxylation is 1. The van der Waals surface area contributed by atoms with Crippen LogP contribution in [-0.4, -0.2) is 71.4 Å². The van der Waals surface area contributed by atoms with Gasteiger partial charge >= 0.3 is 16.4 Å². The molecule has 15 heteroatoms. The van der Waals surface area contributed by atoms with E-state index in [0.717, 1.165) is 4.90 Å². The van der Waals surface area contributed by atoms with Crippen molar-refractivity contribution in [2.24, 2.45) is 7.05 Å². The van der Waals surface area contributed by atoms with Crippen molar-refractivity contribution in [3.63, 3.8) is 0 Å². The number of fused-ring (bicyclic) bond motifs is 2. The molecule has 13 nitrogen and oxygen atoms in total. The highest BCUT2D eigenvalue weighted by Gasteiger charge is 2.48. The van der Waals surface area contributed by atoms with Gasteiger partial charge in [0, 0.05) is 26.0 Å². The summed E-state index contributed by atoms with van der Waals surface area (Å²) in [4.78, 5) is 17.1. The lowest BCUT2D eigenvalue weighted by Gasteiger charge is -2.30. The predicted octanol–water partition coefficient (Wildman–Crippen LogP) is -1.32. The predicted molar refractivity (Wildman–Crippen MR) is 84.6 cm³/mol. The van der Waals surface area contributed by atoms with Crippen LogP contribution in [-0.2, 0) is 31.8 Å². The first-order valence-corrected chi connectivity index (χ1v) is 10.2. The number of carbonyl (C=O) groups excluding carboxylic acids is 1. The molecule has 2 unspecified atom stereocenters. The van der Waals surface area contributed by atoms with Crippen LogP contribution in [0, 0.1) is 5.41 Å². The fraction of sp³-hybridized carbons (Fsp3) is 0.545. The van der Waals surface area contributed by atoms with Crippen LogP contribution in [0.1, 0.15) is 12.8 Å². The summed E-state index contributed by atoms with van der Waals surface area (Å²) in [5.74, 6) is -0.450. The number of sulfonamides is 1. The standard InChI is InChI=1S/C11H16N6O7S2/c1-15-5-4-13-10(15)25(19,20)14-9(12)8-3-2-7-6-16(8)11(18)17(7)24-26(21,22)23/h4-5,7-8H,2-3,6H2,1H3,(H2,12,14)(H,21,22,23). The lowest BCUT2D eigenvalue weighted by Crippen LogP contribution is -2.50. The number of hydrogen-bond acceptors (Lipinski definition) is 8. The Morgan fingerprint density at radius 2 is 2.08 bits per heavy atom. The van der Waals surface area contributed by atoms with Crippen molar-refractivity contribution in [2.45, 2.75) is 30.1 Å². The number of hydroxylamine groups is 2. The summed E-state index contributed by atoms with van der Waals surface area (Å²) in [7, 11) is -7.52. The summed E-state index contributed by atoms with van der Waals surface area (Å²) < 4.78 is 62.8. The lowest BCUT2D eigenvalue weighted by molar-refractivity contribution is -0.0316. The van der Waals surface area contributed by atoms with E-state index in [1.807, 2.05) is 0 Å². The normalized spacial score (nSPS) is 23.4. The molecule has 2 atom stereocenters. The smallest absolute Gasteiger partial charge is 0.323 e. The van der Waals surface area contributed by atoms with Crippen molar-refractivity contribution in [1.82, 2.24) is 24.2 Å². The SMILES string of the molecule is Cn1ccnc1S(=O)(=O)NC(=N)C1CCC2CN1C(=O)N2OS(=O)(=O)O. The molecule has 2 aliphatic heterocycles. The molecule has 1 aromatic rings. The van der Waals surface area contributed by atoms with Crippen molar-refractivity contribution in [3.05, 3.63) is 12.4 Å². The number of rotatable bonds is 5. The monoisotopic (exact) mass is 408 g/mol. The van der Waals surface area contributed by atoms with Gasteiger partial charge in [-0.1, -0.05) is 0 Å². The van der Waals surface area contributed by atoms with Gasteiger partial charge in [0.1, 0.15) is 5.84 Å². The molecule has 3 heterocycles. The molecular formula is C11H16N6O7S2. The molecule has 3 N–H and O–H groups in total. The summed E-state index contributed by atoms with van der Waals surface area (Å²) in [6.45, 7) is 0.0333. The molecule has 2 amide bonds. The van der Waals surface area contributed by atoms with Crippen LogP contribution in [0.3, 0.4) is 0 Å². The minimum absolute atomic E-state index is 0.0333. The van der Waals surface area contributed by atoms with Gasteiger partial charge in [-0.05, 0) is 12.8 Å². The van der Waals surface area contributed by atoms with E-state index in [1.54, 1.807) is 0 Å². The van der Waals surface area contributed by atoms with Crippen LogP contribution in [0.25, 0.3) is 0 Å². The van der Waals surface area contributed by atoms with Crippen LogP contribution >= 0.6 is 0 Å². The zero-order valence-electron chi connectivity index (χ0n) is 13.4. The number of nitrogens with zero attached hydrogens (tertiary/aromatic N) is 4. The molecular weight excluding hydrogens is 392 g/mol. The molecule has 2 saturated heterocycles. The fourth-order valence-corrected chi connectivity index (χ4v) is 4.55. The van der Waals surface area contributed by atoms with Gasteiger partial charge in [-0.2, -0.15) is 21.9 Å². The molecule has 0 spiro atoms. The van der Waals surface area contributed by atoms with Gasteiger partial charge in [0.05, 0.1) is 12.1 Å². The van der Waals surface area contributed by atoms with Crippen molar-refractivity contribution < 1.29 is 30.5 Å². The van der Waals surface area contributed by atoms with E-state index < -0.39 is 44.4 Å². The second-order valence-electron chi connectivity index (χ2n) is 5.85. The summed E-state index contributed by atoms with van der Waals surface area (Å²) in [6.07, 6.45) is 3.19. The van der Waals surface area contributed by atoms with Crippen LogP contribution in [0.2, 0.25) is 0 Å². The van der Waals surface area contributed by atoms with E-state index >= 15 is 0 Å². The highest BCUT2D eigenvalue weighted by molar-refractivity contribution is 7.89. The zero-order valence-corrected chi connectivity index (χ0v) is 15.1. The highest BCUT2D eigenvalue weighted by Crippen LogP contribution is 2.31. The summed E-state index contributed by atoms with van der Waals surface area (Å²) in [5, 5.41) is 8.28. The van der Waals surface area contributed by atoms with E-state index in [1.165, 1.54) is 24.0 Å². The van der Waals surface area contributed by atoms with Crippen LogP contribution in [0.5, 0.6) is 0 Å². The van der Waals surface area contributed by atoms with E-state index in [2.05, 4.69) is 14.0 Å². The van der Waals surface area contributed by atoms with Gasteiger partial charge in [-0.25, -0.2) is 9.78 Å². The summed E-state index contributed by atoms with van der Waals surface area (Å²) in [6, 6.07) is -2.42. The highest BCUT2D eigenvalue weighted by atomic mass is 32.3. The van der Waals surface area contributed by atoms with E-state index in [-0.39, 0.29) is 24.5 Å². The van der Waals surface area contributed by atoms with E-state index in [9.17, 15) is 21.6 Å². The van der Waals surface area contributed by atoms with Gasteiger partial charge in [-0.3, -0.25) is 14.7 Å². The fourth-order valence-electron chi connectivity index (χ4n) is 3.00. The van der Waals surface area contributed by atoms with Gasteiger partial charge in [-0.15, -0.1) is 4.28 Å². The molecule has 144 valence electrons. The Hall–Kier alpha value is -2.23. The second kappa shape index (κ2) is 6.19. The lowest BCUT2D eigenvalue weighted by atomic mass is 10.0. The second-order valence-corrected chi connectivity index (χ2v) is 8.43. The van der Waals surface area contributed by atoms with Crippen molar-refractivity contribution in [3.8, 4) is 0 Å². The van der Waals surface area contributed by atoms with Crippen LogP contribution in [0.4, 0.5) is 4.79 Å². The van der Waals surface area contributed by atoms with Gasteiger partial charge in [0.25, 0.3) is 10.0 Å². The third-order valence-corrected chi connectivity index (χ3v) is 5.80. The van der Waals surface area contributed by atoms with E-state index in [0.29, 0.717) is 5.06 Å². The summed E-state index contributed by atoms with van der Waals surface area (Å²) in [5.41, 5.74) is 0. The molecule has 0 radical (unpaired) electrons. The molecule has 2 bridgehead atoms. The third kappa shape index (κ3) is 3.37. The topological polar surface area (TPSA) is 175 Å². The number of aromatic nitrogens is 2. The number of piperidine rings is 1. The number of hydrogen-bond donors (Lipinski definition) is 3. The first-order valence-electron chi connectivity index (χ1n) is 7.35. The summed E-state index contributed by atoms with van der Waals surface area (Å²) >= 11 is 0. The minimum Gasteiger partial charge on any atom is -0.323 e. The molecule has 2 aliphatic rings. The van der Waals surface area contributed by atoms with Gasteiger partial charge in [0.15, 0.2) is 0 Å². The Bertz CT molecular complexity index is 955. The van der Waals surface area contributed by atoms with Crippen LogP contribution in [0.15, 0.2) is 17.6 Å². The zero-order chi connectivity index (χ0) is 19.3. The van der Waals surface area contributed by atoms with Crippen molar-refractivity contribution in [1.29, 1.82) is 5.41 Å². The number of nitrogens with one attached hydrogen (secondary N) is 2. The first kappa shape index (κ1) is 18.6.